The van der Waals surface area contributed by atoms with Gasteiger partial charge in [0.2, 0.25) is 0 Å². The minimum atomic E-state index is -0.755. The molecular weight excluding hydrogens is 348 g/mol. The Labute approximate surface area is 158 Å². The van der Waals surface area contributed by atoms with Crippen molar-refractivity contribution >= 4 is 5.97 Å². The van der Waals surface area contributed by atoms with E-state index in [1.807, 2.05) is 42.5 Å². The van der Waals surface area contributed by atoms with Crippen molar-refractivity contribution in [3.05, 3.63) is 59.4 Å². The number of carbonyl (C=O) groups is 1. The zero-order valence-corrected chi connectivity index (χ0v) is 15.1. The largest absolute Gasteiger partial charge is 0.490 e. The summed E-state index contributed by atoms with van der Waals surface area (Å²) >= 11 is 0. The summed E-state index contributed by atoms with van der Waals surface area (Å²) in [5, 5.41) is 9.06. The molecule has 1 saturated heterocycles. The number of hydrogen-bond acceptors (Lipinski definition) is 5. The Morgan fingerprint density at radius 3 is 2.59 bits per heavy atom. The number of aliphatic carboxylic acids is 1. The standard InChI is InChI=1S/C21H24O6/c22-20(23)15-11-16(12-15)27-18-8-4-7-17(19(18)21-24-9-10-25-21)26-13-14-5-2-1-3-6-14/h1-6,8,15-17,21H,7,9-13H2,(H,22,23). The van der Waals surface area contributed by atoms with E-state index in [0.29, 0.717) is 38.4 Å². The quantitative estimate of drug-likeness (QED) is 0.793. The molecule has 2 fully saturated rings. The van der Waals surface area contributed by atoms with E-state index in [0.717, 1.165) is 17.6 Å². The van der Waals surface area contributed by atoms with Crippen LogP contribution < -0.4 is 0 Å². The van der Waals surface area contributed by atoms with Crippen molar-refractivity contribution in [3.63, 3.8) is 0 Å². The van der Waals surface area contributed by atoms with Crippen molar-refractivity contribution in [2.24, 2.45) is 5.92 Å². The van der Waals surface area contributed by atoms with Crippen LogP contribution in [0.15, 0.2) is 53.8 Å². The third-order valence-corrected chi connectivity index (χ3v) is 5.16. The Morgan fingerprint density at radius 1 is 1.15 bits per heavy atom. The van der Waals surface area contributed by atoms with Crippen LogP contribution in [0.2, 0.25) is 0 Å². The summed E-state index contributed by atoms with van der Waals surface area (Å²) in [6.07, 6.45) is 4.98. The summed E-state index contributed by atoms with van der Waals surface area (Å²) in [6.45, 7) is 1.58. The van der Waals surface area contributed by atoms with Crippen molar-refractivity contribution in [1.82, 2.24) is 0 Å². The molecule has 1 aromatic carbocycles. The fourth-order valence-electron chi connectivity index (χ4n) is 3.57. The number of benzene rings is 1. The summed E-state index contributed by atoms with van der Waals surface area (Å²) in [6, 6.07) is 10.0. The predicted octanol–water partition coefficient (Wildman–Crippen LogP) is 3.04. The molecular formula is C21H24O6. The summed E-state index contributed by atoms with van der Waals surface area (Å²) in [5.41, 5.74) is 1.97. The third kappa shape index (κ3) is 4.24. The average molecular weight is 372 g/mol. The molecule has 1 saturated carbocycles. The Hall–Kier alpha value is -2.15. The van der Waals surface area contributed by atoms with Gasteiger partial charge in [-0.15, -0.1) is 0 Å². The van der Waals surface area contributed by atoms with Crippen LogP contribution in [0.1, 0.15) is 24.8 Å². The van der Waals surface area contributed by atoms with Crippen molar-refractivity contribution in [3.8, 4) is 0 Å². The molecule has 0 aromatic heterocycles. The van der Waals surface area contributed by atoms with Gasteiger partial charge in [0.25, 0.3) is 0 Å². The van der Waals surface area contributed by atoms with E-state index in [2.05, 4.69) is 0 Å². The molecule has 1 N–H and O–H groups in total. The molecule has 1 heterocycles. The summed E-state index contributed by atoms with van der Waals surface area (Å²) < 4.78 is 23.7. The second-order valence-corrected chi connectivity index (χ2v) is 7.06. The Balaban J connectivity index is 1.47. The first kappa shape index (κ1) is 18.2. The molecule has 3 aliphatic rings. The monoisotopic (exact) mass is 372 g/mol. The maximum absolute atomic E-state index is 11.0. The summed E-state index contributed by atoms with van der Waals surface area (Å²) in [4.78, 5) is 11.0. The van der Waals surface area contributed by atoms with Crippen molar-refractivity contribution < 1.29 is 28.8 Å². The molecule has 1 aliphatic heterocycles. The molecule has 27 heavy (non-hydrogen) atoms. The van der Waals surface area contributed by atoms with Crippen LogP contribution in [0.3, 0.4) is 0 Å². The van der Waals surface area contributed by atoms with Gasteiger partial charge in [-0.3, -0.25) is 4.79 Å². The molecule has 0 amide bonds. The average Bonchev–Trinajstić information content (AvgIpc) is 3.17. The SMILES string of the molecule is O=C(O)C1CC(OC2=C(C3OCCO3)C(OCc3ccccc3)CC=C2)C1. The topological polar surface area (TPSA) is 74.2 Å². The first-order valence-corrected chi connectivity index (χ1v) is 9.39. The Bertz CT molecular complexity index is 713. The molecule has 0 spiro atoms. The predicted molar refractivity (Wildman–Crippen MR) is 96.7 cm³/mol. The van der Waals surface area contributed by atoms with Gasteiger partial charge in [-0.1, -0.05) is 36.4 Å². The van der Waals surface area contributed by atoms with E-state index < -0.39 is 12.3 Å². The highest BCUT2D eigenvalue weighted by atomic mass is 16.7. The lowest BCUT2D eigenvalue weighted by molar-refractivity contribution is -0.149. The van der Waals surface area contributed by atoms with Crippen LogP contribution >= 0.6 is 0 Å². The first-order chi connectivity index (χ1) is 13.2. The van der Waals surface area contributed by atoms with E-state index in [1.54, 1.807) is 0 Å². The highest BCUT2D eigenvalue weighted by Crippen LogP contribution is 2.36. The Kier molecular flexibility index (Phi) is 5.57. The van der Waals surface area contributed by atoms with E-state index in [4.69, 9.17) is 24.1 Å². The molecule has 1 unspecified atom stereocenters. The smallest absolute Gasteiger partial charge is 0.306 e. The van der Waals surface area contributed by atoms with Gasteiger partial charge in [-0.2, -0.15) is 0 Å². The molecule has 1 aromatic rings. The molecule has 6 heteroatoms. The van der Waals surface area contributed by atoms with Crippen molar-refractivity contribution in [2.75, 3.05) is 13.2 Å². The lowest BCUT2D eigenvalue weighted by atomic mass is 9.82. The fourth-order valence-corrected chi connectivity index (χ4v) is 3.57. The van der Waals surface area contributed by atoms with Crippen LogP contribution in [-0.4, -0.2) is 42.8 Å². The molecule has 4 rings (SSSR count). The summed E-state index contributed by atoms with van der Waals surface area (Å²) in [5.74, 6) is -0.370. The second kappa shape index (κ2) is 8.25. The minimum absolute atomic E-state index is 0.0879. The fraction of sp³-hybridized carbons (Fsp3) is 0.476. The number of ether oxygens (including phenoxy) is 4. The maximum atomic E-state index is 11.0. The second-order valence-electron chi connectivity index (χ2n) is 7.06. The number of hydrogen-bond donors (Lipinski definition) is 1. The molecule has 144 valence electrons. The van der Waals surface area contributed by atoms with E-state index in [-0.39, 0.29) is 18.1 Å². The van der Waals surface area contributed by atoms with Gasteiger partial charge < -0.3 is 24.1 Å². The number of rotatable bonds is 7. The minimum Gasteiger partial charge on any atom is -0.490 e. The van der Waals surface area contributed by atoms with E-state index in [1.165, 1.54) is 0 Å². The van der Waals surface area contributed by atoms with Crippen LogP contribution in [0.4, 0.5) is 0 Å². The lowest BCUT2D eigenvalue weighted by Crippen LogP contribution is -2.37. The lowest BCUT2D eigenvalue weighted by Gasteiger charge is -2.35. The summed E-state index contributed by atoms with van der Waals surface area (Å²) in [7, 11) is 0. The zero-order chi connectivity index (χ0) is 18.6. The van der Waals surface area contributed by atoms with Crippen LogP contribution in [0.5, 0.6) is 0 Å². The van der Waals surface area contributed by atoms with Crippen LogP contribution in [0, 0.1) is 5.92 Å². The van der Waals surface area contributed by atoms with Gasteiger partial charge in [-0.25, -0.2) is 0 Å². The van der Waals surface area contributed by atoms with Crippen LogP contribution in [-0.2, 0) is 30.3 Å². The highest BCUT2D eigenvalue weighted by molar-refractivity contribution is 5.71. The maximum Gasteiger partial charge on any atom is 0.306 e. The molecule has 6 nitrogen and oxygen atoms in total. The molecule has 2 aliphatic carbocycles. The van der Waals surface area contributed by atoms with E-state index in [9.17, 15) is 4.79 Å². The number of carboxylic acids is 1. The number of carboxylic acid groups (broad SMARTS) is 1. The molecule has 1 atom stereocenters. The third-order valence-electron chi connectivity index (χ3n) is 5.16. The van der Waals surface area contributed by atoms with Gasteiger partial charge in [0.1, 0.15) is 11.9 Å². The van der Waals surface area contributed by atoms with Gasteiger partial charge in [0.15, 0.2) is 6.29 Å². The molecule has 0 radical (unpaired) electrons. The molecule has 0 bridgehead atoms. The Morgan fingerprint density at radius 2 is 1.89 bits per heavy atom. The van der Waals surface area contributed by atoms with Crippen LogP contribution in [0.25, 0.3) is 0 Å². The van der Waals surface area contributed by atoms with E-state index >= 15 is 0 Å². The number of allylic oxidation sites excluding steroid dienone is 1. The van der Waals surface area contributed by atoms with Gasteiger partial charge in [0.05, 0.1) is 37.4 Å². The normalized spacial score (nSPS) is 28.2. The first-order valence-electron chi connectivity index (χ1n) is 9.39. The van der Waals surface area contributed by atoms with Crippen molar-refractivity contribution in [2.45, 2.75) is 44.4 Å². The van der Waals surface area contributed by atoms with Gasteiger partial charge in [-0.05, 0) is 30.9 Å². The van der Waals surface area contributed by atoms with Gasteiger partial charge >= 0.3 is 5.97 Å². The zero-order valence-electron chi connectivity index (χ0n) is 15.1. The van der Waals surface area contributed by atoms with Crippen molar-refractivity contribution in [1.29, 1.82) is 0 Å². The van der Waals surface area contributed by atoms with Gasteiger partial charge in [0, 0.05) is 0 Å². The highest BCUT2D eigenvalue weighted by Gasteiger charge is 2.39.